The Balaban J connectivity index is 2.18. The molecule has 0 saturated carbocycles. The van der Waals surface area contributed by atoms with Crippen LogP contribution in [0.3, 0.4) is 0 Å². The second-order valence-corrected chi connectivity index (χ2v) is 4.23. The van der Waals surface area contributed by atoms with E-state index in [1.54, 1.807) is 0 Å². The molecule has 86 valence electrons. The van der Waals surface area contributed by atoms with E-state index in [1.165, 1.54) is 23.1 Å². The molecule has 1 N–H and O–H groups in total. The molecule has 16 heavy (non-hydrogen) atoms. The van der Waals surface area contributed by atoms with E-state index in [4.69, 9.17) is 11.6 Å². The summed E-state index contributed by atoms with van der Waals surface area (Å²) in [5.41, 5.74) is 0.348. The van der Waals surface area contributed by atoms with Gasteiger partial charge in [-0.1, -0.05) is 11.6 Å². The molecule has 0 bridgehead atoms. The molecule has 1 fully saturated rings. The molecule has 1 aromatic carbocycles. The Morgan fingerprint density at radius 2 is 2.31 bits per heavy atom. The number of aliphatic hydroxyl groups excluding tert-OH is 1. The van der Waals surface area contributed by atoms with Crippen molar-refractivity contribution in [2.75, 3.05) is 13.1 Å². The van der Waals surface area contributed by atoms with Gasteiger partial charge in [0.15, 0.2) is 0 Å². The quantitative estimate of drug-likeness (QED) is 0.815. The first-order valence-electron chi connectivity index (χ1n) is 5.00. The molecule has 1 atom stereocenters. The maximum Gasteiger partial charge on any atom is 0.253 e. The maximum absolute atomic E-state index is 12.9. The van der Waals surface area contributed by atoms with Crippen molar-refractivity contribution in [2.45, 2.75) is 12.5 Å². The Morgan fingerprint density at radius 3 is 2.88 bits per heavy atom. The van der Waals surface area contributed by atoms with Crippen molar-refractivity contribution in [3.8, 4) is 0 Å². The first kappa shape index (κ1) is 11.4. The SMILES string of the molecule is O=C(c1ccc(F)c(Cl)c1)N1CCC(O)C1. The van der Waals surface area contributed by atoms with Crippen LogP contribution in [0.5, 0.6) is 0 Å². The number of nitrogens with zero attached hydrogens (tertiary/aromatic N) is 1. The molecule has 0 radical (unpaired) electrons. The number of halogens is 2. The van der Waals surface area contributed by atoms with Gasteiger partial charge in [-0.2, -0.15) is 0 Å². The van der Waals surface area contributed by atoms with Crippen LogP contribution in [-0.2, 0) is 0 Å². The lowest BCUT2D eigenvalue weighted by molar-refractivity contribution is 0.0765. The summed E-state index contributed by atoms with van der Waals surface area (Å²) in [5, 5.41) is 9.25. The first-order valence-corrected chi connectivity index (χ1v) is 5.38. The van der Waals surface area contributed by atoms with Gasteiger partial charge in [0.25, 0.3) is 5.91 Å². The average Bonchev–Trinajstić information content (AvgIpc) is 2.68. The zero-order valence-corrected chi connectivity index (χ0v) is 9.25. The summed E-state index contributed by atoms with van der Waals surface area (Å²) in [6.45, 7) is 0.850. The number of amides is 1. The Labute approximate surface area is 97.4 Å². The summed E-state index contributed by atoms with van der Waals surface area (Å²) in [5.74, 6) is -0.766. The van der Waals surface area contributed by atoms with Crippen LogP contribution in [0.1, 0.15) is 16.8 Å². The number of carbonyl (C=O) groups is 1. The molecular formula is C11H11ClFNO2. The second kappa shape index (κ2) is 4.39. The minimum atomic E-state index is -0.542. The van der Waals surface area contributed by atoms with Crippen molar-refractivity contribution in [1.82, 2.24) is 4.90 Å². The number of hydrogen-bond donors (Lipinski definition) is 1. The lowest BCUT2D eigenvalue weighted by atomic mass is 10.2. The number of likely N-dealkylation sites (tertiary alicyclic amines) is 1. The van der Waals surface area contributed by atoms with Crippen LogP contribution in [-0.4, -0.2) is 35.1 Å². The molecule has 0 aliphatic carbocycles. The van der Waals surface area contributed by atoms with Crippen LogP contribution < -0.4 is 0 Å². The molecule has 2 rings (SSSR count). The number of benzene rings is 1. The highest BCUT2D eigenvalue weighted by Gasteiger charge is 2.25. The second-order valence-electron chi connectivity index (χ2n) is 3.82. The number of β-amino-alcohol motifs (C(OH)–C–C–N with tert-alkyl or cyclic N) is 1. The third-order valence-electron chi connectivity index (χ3n) is 2.62. The van der Waals surface area contributed by atoms with Gasteiger partial charge in [-0.25, -0.2) is 4.39 Å². The van der Waals surface area contributed by atoms with E-state index in [-0.39, 0.29) is 10.9 Å². The van der Waals surface area contributed by atoms with Gasteiger partial charge in [-0.15, -0.1) is 0 Å². The fourth-order valence-corrected chi connectivity index (χ4v) is 1.92. The van der Waals surface area contributed by atoms with Gasteiger partial charge in [0.1, 0.15) is 5.82 Å². The molecule has 0 aromatic heterocycles. The van der Waals surface area contributed by atoms with E-state index in [0.29, 0.717) is 25.1 Å². The number of rotatable bonds is 1. The van der Waals surface area contributed by atoms with Crippen molar-refractivity contribution in [3.05, 3.63) is 34.6 Å². The van der Waals surface area contributed by atoms with E-state index >= 15 is 0 Å². The predicted octanol–water partition coefficient (Wildman–Crippen LogP) is 1.69. The molecule has 1 amide bonds. The zero-order valence-electron chi connectivity index (χ0n) is 8.49. The smallest absolute Gasteiger partial charge is 0.253 e. The first-order chi connectivity index (χ1) is 7.58. The fourth-order valence-electron chi connectivity index (χ4n) is 1.74. The zero-order chi connectivity index (χ0) is 11.7. The molecular weight excluding hydrogens is 233 g/mol. The molecule has 1 aliphatic rings. The van der Waals surface area contributed by atoms with Crippen molar-refractivity contribution >= 4 is 17.5 Å². The Kier molecular flexibility index (Phi) is 3.12. The van der Waals surface area contributed by atoms with Crippen molar-refractivity contribution < 1.29 is 14.3 Å². The van der Waals surface area contributed by atoms with Crippen LogP contribution >= 0.6 is 11.6 Å². The molecule has 1 aliphatic heterocycles. The molecule has 1 unspecified atom stereocenters. The number of carbonyl (C=O) groups excluding carboxylic acids is 1. The molecule has 1 saturated heterocycles. The lowest BCUT2D eigenvalue weighted by Crippen LogP contribution is -2.29. The number of aliphatic hydroxyl groups is 1. The van der Waals surface area contributed by atoms with Crippen LogP contribution in [0.2, 0.25) is 5.02 Å². The van der Waals surface area contributed by atoms with Crippen molar-refractivity contribution in [3.63, 3.8) is 0 Å². The van der Waals surface area contributed by atoms with E-state index in [1.807, 2.05) is 0 Å². The third-order valence-corrected chi connectivity index (χ3v) is 2.91. The van der Waals surface area contributed by atoms with Gasteiger partial charge >= 0.3 is 0 Å². The Hall–Kier alpha value is -1.13. The van der Waals surface area contributed by atoms with Gasteiger partial charge in [0, 0.05) is 18.7 Å². The van der Waals surface area contributed by atoms with Crippen LogP contribution in [0.4, 0.5) is 4.39 Å². The summed E-state index contributed by atoms with van der Waals surface area (Å²) < 4.78 is 12.9. The van der Waals surface area contributed by atoms with E-state index in [9.17, 15) is 14.3 Å². The molecule has 1 heterocycles. The van der Waals surface area contributed by atoms with E-state index in [2.05, 4.69) is 0 Å². The normalized spacial score (nSPS) is 20.2. The summed E-state index contributed by atoms with van der Waals surface area (Å²) >= 11 is 5.60. The van der Waals surface area contributed by atoms with Crippen LogP contribution in [0, 0.1) is 5.82 Å². The largest absolute Gasteiger partial charge is 0.391 e. The van der Waals surface area contributed by atoms with Crippen LogP contribution in [0.15, 0.2) is 18.2 Å². The number of hydrogen-bond acceptors (Lipinski definition) is 2. The lowest BCUT2D eigenvalue weighted by Gasteiger charge is -2.15. The molecule has 5 heteroatoms. The average molecular weight is 244 g/mol. The van der Waals surface area contributed by atoms with Crippen molar-refractivity contribution in [1.29, 1.82) is 0 Å². The van der Waals surface area contributed by atoms with E-state index in [0.717, 1.165) is 0 Å². The summed E-state index contributed by atoms with van der Waals surface area (Å²) in [6, 6.07) is 3.88. The predicted molar refractivity (Wildman–Crippen MR) is 57.9 cm³/mol. The maximum atomic E-state index is 12.9. The molecule has 3 nitrogen and oxygen atoms in total. The highest BCUT2D eigenvalue weighted by Crippen LogP contribution is 2.19. The minimum Gasteiger partial charge on any atom is -0.391 e. The summed E-state index contributed by atoms with van der Waals surface area (Å²) in [6.07, 6.45) is 0.126. The topological polar surface area (TPSA) is 40.5 Å². The van der Waals surface area contributed by atoms with Crippen molar-refractivity contribution in [2.24, 2.45) is 0 Å². The van der Waals surface area contributed by atoms with Gasteiger partial charge in [-0.3, -0.25) is 4.79 Å². The Morgan fingerprint density at radius 1 is 1.56 bits per heavy atom. The Bertz CT molecular complexity index is 424. The highest BCUT2D eigenvalue weighted by molar-refractivity contribution is 6.31. The van der Waals surface area contributed by atoms with Gasteiger partial charge in [0.2, 0.25) is 0 Å². The summed E-state index contributed by atoms with van der Waals surface area (Å²) in [7, 11) is 0. The summed E-state index contributed by atoms with van der Waals surface area (Å²) in [4.78, 5) is 13.4. The highest BCUT2D eigenvalue weighted by atomic mass is 35.5. The van der Waals surface area contributed by atoms with Gasteiger partial charge < -0.3 is 10.0 Å². The minimum absolute atomic E-state index is 0.0643. The third kappa shape index (κ3) is 2.18. The fraction of sp³-hybridized carbons (Fsp3) is 0.364. The monoisotopic (exact) mass is 243 g/mol. The van der Waals surface area contributed by atoms with Gasteiger partial charge in [-0.05, 0) is 24.6 Å². The van der Waals surface area contributed by atoms with E-state index < -0.39 is 11.9 Å². The molecule has 1 aromatic rings. The molecule has 0 spiro atoms. The van der Waals surface area contributed by atoms with Gasteiger partial charge in [0.05, 0.1) is 11.1 Å². The standard InChI is InChI=1S/C11H11ClFNO2/c12-9-5-7(1-2-10(9)13)11(16)14-4-3-8(15)6-14/h1-2,5,8,15H,3-4,6H2. The van der Waals surface area contributed by atoms with Crippen LogP contribution in [0.25, 0.3) is 0 Å².